The van der Waals surface area contributed by atoms with E-state index in [-0.39, 0.29) is 5.91 Å². The molecule has 1 amide bonds. The van der Waals surface area contributed by atoms with E-state index in [1.54, 1.807) is 23.7 Å². The van der Waals surface area contributed by atoms with Gasteiger partial charge >= 0.3 is 0 Å². The highest BCUT2D eigenvalue weighted by Crippen LogP contribution is 2.21. The normalized spacial score (nSPS) is 10.1. The van der Waals surface area contributed by atoms with Crippen LogP contribution in [0.3, 0.4) is 0 Å². The van der Waals surface area contributed by atoms with E-state index in [0.717, 1.165) is 5.69 Å². The molecule has 0 unspecified atom stereocenters. The van der Waals surface area contributed by atoms with Crippen LogP contribution in [0, 0.1) is 0 Å². The predicted molar refractivity (Wildman–Crippen MR) is 70.7 cm³/mol. The molecule has 6 heteroatoms. The predicted octanol–water partition coefficient (Wildman–Crippen LogP) is 1.66. The Balaban J connectivity index is 2.02. The van der Waals surface area contributed by atoms with Gasteiger partial charge in [0, 0.05) is 10.9 Å². The number of nitrogens with one attached hydrogen (secondary N) is 1. The van der Waals surface area contributed by atoms with Crippen molar-refractivity contribution in [2.45, 2.75) is 6.54 Å². The van der Waals surface area contributed by atoms with Crippen molar-refractivity contribution in [3.8, 4) is 5.75 Å². The monoisotopic (exact) mass is 263 g/mol. The minimum Gasteiger partial charge on any atom is -0.495 e. The maximum Gasteiger partial charge on any atom is 0.251 e. The second-order valence-corrected chi connectivity index (χ2v) is 4.34. The molecule has 0 aliphatic heterocycles. The van der Waals surface area contributed by atoms with Gasteiger partial charge < -0.3 is 15.8 Å². The minimum absolute atomic E-state index is 0.183. The molecule has 0 saturated carbocycles. The number of aromatic nitrogens is 1. The minimum atomic E-state index is -0.183. The summed E-state index contributed by atoms with van der Waals surface area (Å²) >= 11 is 1.50. The van der Waals surface area contributed by atoms with Gasteiger partial charge in [0.2, 0.25) is 0 Å². The van der Waals surface area contributed by atoms with Crippen LogP contribution in [0.5, 0.6) is 5.75 Å². The summed E-state index contributed by atoms with van der Waals surface area (Å²) in [6.45, 7) is 0.411. The average molecular weight is 263 g/mol. The Kier molecular flexibility index (Phi) is 3.78. The summed E-state index contributed by atoms with van der Waals surface area (Å²) in [4.78, 5) is 15.9. The van der Waals surface area contributed by atoms with Crippen molar-refractivity contribution in [3.63, 3.8) is 0 Å². The van der Waals surface area contributed by atoms with Gasteiger partial charge in [-0.05, 0) is 18.2 Å². The zero-order valence-electron chi connectivity index (χ0n) is 9.84. The van der Waals surface area contributed by atoms with Crippen molar-refractivity contribution < 1.29 is 9.53 Å². The number of hydrogen-bond acceptors (Lipinski definition) is 5. The lowest BCUT2D eigenvalue weighted by molar-refractivity contribution is 0.0950. The number of benzene rings is 1. The van der Waals surface area contributed by atoms with Gasteiger partial charge in [0.25, 0.3) is 5.91 Å². The number of nitrogens with zero attached hydrogens (tertiary/aromatic N) is 1. The lowest BCUT2D eigenvalue weighted by atomic mass is 10.1. The lowest BCUT2D eigenvalue weighted by Crippen LogP contribution is -2.23. The molecule has 0 aliphatic rings. The summed E-state index contributed by atoms with van der Waals surface area (Å²) in [6, 6.07) is 4.94. The molecule has 2 aromatic rings. The number of thiazole rings is 1. The number of anilines is 1. The number of amides is 1. The van der Waals surface area contributed by atoms with E-state index in [0.29, 0.717) is 23.5 Å². The Bertz CT molecular complexity index is 540. The molecule has 0 atom stereocenters. The maximum atomic E-state index is 11.9. The van der Waals surface area contributed by atoms with E-state index >= 15 is 0 Å². The lowest BCUT2D eigenvalue weighted by Gasteiger charge is -2.07. The molecule has 0 spiro atoms. The van der Waals surface area contributed by atoms with E-state index in [1.807, 2.05) is 5.38 Å². The molecule has 0 fully saturated rings. The van der Waals surface area contributed by atoms with Crippen molar-refractivity contribution >= 4 is 22.9 Å². The maximum absolute atomic E-state index is 11.9. The Morgan fingerprint density at radius 2 is 2.39 bits per heavy atom. The zero-order valence-corrected chi connectivity index (χ0v) is 10.7. The third-order valence-corrected chi connectivity index (χ3v) is 3.04. The molecule has 3 N–H and O–H groups in total. The fraction of sp³-hybridized carbons (Fsp3) is 0.167. The Morgan fingerprint density at radius 1 is 1.56 bits per heavy atom. The zero-order chi connectivity index (χ0) is 13.0. The molecule has 0 saturated heterocycles. The molecule has 1 aromatic heterocycles. The molecule has 1 aromatic carbocycles. The van der Waals surface area contributed by atoms with E-state index in [4.69, 9.17) is 10.5 Å². The number of rotatable bonds is 4. The van der Waals surface area contributed by atoms with Crippen LogP contribution in [0.1, 0.15) is 16.1 Å². The third-order valence-electron chi connectivity index (χ3n) is 2.41. The van der Waals surface area contributed by atoms with Crippen LogP contribution in [0.25, 0.3) is 0 Å². The number of ether oxygens (including phenoxy) is 1. The third kappa shape index (κ3) is 2.78. The largest absolute Gasteiger partial charge is 0.495 e. The van der Waals surface area contributed by atoms with Gasteiger partial charge in [0.1, 0.15) is 5.75 Å². The molecule has 0 bridgehead atoms. The first-order valence-corrected chi connectivity index (χ1v) is 6.24. The number of nitrogen functional groups attached to an aromatic ring is 1. The van der Waals surface area contributed by atoms with Gasteiger partial charge in [-0.1, -0.05) is 0 Å². The molecule has 18 heavy (non-hydrogen) atoms. The van der Waals surface area contributed by atoms with Gasteiger partial charge in [-0.15, -0.1) is 11.3 Å². The van der Waals surface area contributed by atoms with E-state index in [1.165, 1.54) is 18.4 Å². The molecule has 1 heterocycles. The molecule has 5 nitrogen and oxygen atoms in total. The first kappa shape index (κ1) is 12.4. The van der Waals surface area contributed by atoms with Crippen LogP contribution in [0.15, 0.2) is 29.1 Å². The van der Waals surface area contributed by atoms with E-state index in [9.17, 15) is 4.79 Å². The number of carbonyl (C=O) groups is 1. The van der Waals surface area contributed by atoms with E-state index < -0.39 is 0 Å². The van der Waals surface area contributed by atoms with Crippen LogP contribution in [-0.4, -0.2) is 18.0 Å². The summed E-state index contributed by atoms with van der Waals surface area (Å²) < 4.78 is 5.03. The summed E-state index contributed by atoms with van der Waals surface area (Å²) in [7, 11) is 1.54. The van der Waals surface area contributed by atoms with Crippen molar-refractivity contribution in [3.05, 3.63) is 40.3 Å². The van der Waals surface area contributed by atoms with Crippen molar-refractivity contribution in [2.24, 2.45) is 0 Å². The van der Waals surface area contributed by atoms with Crippen LogP contribution in [-0.2, 0) is 6.54 Å². The first-order valence-electron chi connectivity index (χ1n) is 5.29. The fourth-order valence-electron chi connectivity index (χ4n) is 1.47. The van der Waals surface area contributed by atoms with Crippen LogP contribution in [0.4, 0.5) is 5.69 Å². The molecule has 94 valence electrons. The summed E-state index contributed by atoms with van der Waals surface area (Å²) in [5, 5.41) is 4.67. The molecular weight excluding hydrogens is 250 g/mol. The van der Waals surface area contributed by atoms with Gasteiger partial charge in [0.05, 0.1) is 30.5 Å². The highest BCUT2D eigenvalue weighted by atomic mass is 32.1. The second kappa shape index (κ2) is 5.50. The van der Waals surface area contributed by atoms with Gasteiger partial charge in [-0.2, -0.15) is 0 Å². The Hall–Kier alpha value is -2.08. The Labute approximate surface area is 109 Å². The molecular formula is C12H13N3O2S. The van der Waals surface area contributed by atoms with Crippen molar-refractivity contribution in [1.82, 2.24) is 10.3 Å². The van der Waals surface area contributed by atoms with Gasteiger partial charge in [-0.3, -0.25) is 4.79 Å². The molecule has 0 aliphatic carbocycles. The van der Waals surface area contributed by atoms with Crippen molar-refractivity contribution in [2.75, 3.05) is 12.8 Å². The number of hydrogen-bond donors (Lipinski definition) is 2. The summed E-state index contributed by atoms with van der Waals surface area (Å²) in [6.07, 6.45) is 0. The van der Waals surface area contributed by atoms with Crippen LogP contribution >= 0.6 is 11.3 Å². The summed E-state index contributed by atoms with van der Waals surface area (Å²) in [5.41, 5.74) is 9.26. The quantitative estimate of drug-likeness (QED) is 0.822. The number of nitrogens with two attached hydrogens (primary N) is 1. The first-order chi connectivity index (χ1) is 8.70. The highest BCUT2D eigenvalue weighted by Gasteiger charge is 2.08. The van der Waals surface area contributed by atoms with Crippen molar-refractivity contribution in [1.29, 1.82) is 0 Å². The summed E-state index contributed by atoms with van der Waals surface area (Å²) in [5.74, 6) is 0.378. The smallest absolute Gasteiger partial charge is 0.251 e. The molecule has 0 radical (unpaired) electrons. The second-order valence-electron chi connectivity index (χ2n) is 3.62. The Morgan fingerprint density at radius 3 is 3.00 bits per heavy atom. The fourth-order valence-corrected chi connectivity index (χ4v) is 2.03. The molecule has 2 rings (SSSR count). The number of carbonyl (C=O) groups excluding carboxylic acids is 1. The van der Waals surface area contributed by atoms with Gasteiger partial charge in [0.15, 0.2) is 0 Å². The van der Waals surface area contributed by atoms with E-state index in [2.05, 4.69) is 10.3 Å². The van der Waals surface area contributed by atoms with Gasteiger partial charge in [-0.25, -0.2) is 4.98 Å². The van der Waals surface area contributed by atoms with Crippen LogP contribution < -0.4 is 15.8 Å². The van der Waals surface area contributed by atoms with Crippen LogP contribution in [0.2, 0.25) is 0 Å². The SMILES string of the molecule is COc1ccc(C(=O)NCc2cscn2)cc1N. The number of methoxy groups -OCH3 is 1. The highest BCUT2D eigenvalue weighted by molar-refractivity contribution is 7.07. The average Bonchev–Trinajstić information content (AvgIpc) is 2.89. The topological polar surface area (TPSA) is 77.2 Å². The standard InChI is InChI=1S/C12H13N3O2S/c1-17-11-3-2-8(4-10(11)13)12(16)14-5-9-6-18-7-15-9/h2-4,6-7H,5,13H2,1H3,(H,14,16).